The number of rotatable bonds is 4. The van der Waals surface area contributed by atoms with Gasteiger partial charge in [-0.05, 0) is 29.8 Å². The molecule has 4 heteroatoms. The van der Waals surface area contributed by atoms with E-state index in [4.69, 9.17) is 16.9 Å². The molecule has 0 aliphatic rings. The number of halogens is 2. The van der Waals surface area contributed by atoms with Gasteiger partial charge in [0.15, 0.2) is 0 Å². The van der Waals surface area contributed by atoms with Crippen molar-refractivity contribution in [2.24, 2.45) is 0 Å². The van der Waals surface area contributed by atoms with E-state index < -0.39 is 0 Å². The Morgan fingerprint density at radius 2 is 2.00 bits per heavy atom. The molecule has 2 aromatic carbocycles. The van der Waals surface area contributed by atoms with Crippen molar-refractivity contribution in [2.75, 3.05) is 11.9 Å². The fourth-order valence-electron chi connectivity index (χ4n) is 2.14. The lowest BCUT2D eigenvalue weighted by Crippen LogP contribution is -2.18. The molecule has 2 rings (SSSR count). The fraction of sp³-hybridized carbons (Fsp3) is 0.188. The van der Waals surface area contributed by atoms with Crippen molar-refractivity contribution in [2.45, 2.75) is 11.9 Å². The maximum absolute atomic E-state index is 8.94. The van der Waals surface area contributed by atoms with Gasteiger partial charge in [0.2, 0.25) is 0 Å². The molecule has 0 N–H and O–H groups in total. The number of hydrogen-bond acceptors (Lipinski definition) is 2. The zero-order chi connectivity index (χ0) is 14.5. The van der Waals surface area contributed by atoms with Crippen molar-refractivity contribution >= 4 is 33.2 Å². The van der Waals surface area contributed by atoms with Gasteiger partial charge in [0.25, 0.3) is 0 Å². The lowest BCUT2D eigenvalue weighted by atomic mass is 10.1. The second kappa shape index (κ2) is 6.78. The lowest BCUT2D eigenvalue weighted by molar-refractivity contribution is 0.916. The first-order chi connectivity index (χ1) is 9.65. The van der Waals surface area contributed by atoms with Gasteiger partial charge in [-0.3, -0.25) is 0 Å². The molecule has 0 aliphatic carbocycles. The summed E-state index contributed by atoms with van der Waals surface area (Å²) in [6, 6.07) is 15.7. The average molecular weight is 350 g/mol. The molecule has 0 aromatic heterocycles. The molecule has 0 fully saturated rings. The van der Waals surface area contributed by atoms with Crippen LogP contribution >= 0.6 is 27.5 Å². The molecule has 0 saturated carbocycles. The van der Waals surface area contributed by atoms with Crippen LogP contribution in [0.25, 0.3) is 0 Å². The first-order valence-corrected chi connectivity index (χ1v) is 7.69. The summed E-state index contributed by atoms with van der Waals surface area (Å²) in [6.07, 6.45) is 0. The molecule has 0 bridgehead atoms. The molecular formula is C16H14BrClN2. The summed E-state index contributed by atoms with van der Waals surface area (Å²) < 4.78 is 0. The van der Waals surface area contributed by atoms with Crippen molar-refractivity contribution in [3.05, 3.63) is 64.2 Å². The highest BCUT2D eigenvalue weighted by Crippen LogP contribution is 2.29. The number of benzene rings is 2. The van der Waals surface area contributed by atoms with Crippen LogP contribution in [0.1, 0.15) is 16.7 Å². The molecule has 0 aliphatic heterocycles. The Hall–Kier alpha value is -1.50. The quantitative estimate of drug-likeness (QED) is 0.745. The highest BCUT2D eigenvalue weighted by Gasteiger charge is 2.10. The minimum atomic E-state index is 0.683. The van der Waals surface area contributed by atoms with Crippen LogP contribution in [0.3, 0.4) is 0 Å². The van der Waals surface area contributed by atoms with Crippen LogP contribution in [0.2, 0.25) is 5.02 Å². The molecule has 102 valence electrons. The fourth-order valence-corrected chi connectivity index (χ4v) is 3.12. The van der Waals surface area contributed by atoms with Crippen molar-refractivity contribution in [3.8, 4) is 6.07 Å². The van der Waals surface area contributed by atoms with E-state index in [9.17, 15) is 0 Å². The summed E-state index contributed by atoms with van der Waals surface area (Å²) in [4.78, 5) is 2.14. The number of anilines is 1. The molecule has 0 unspecified atom stereocenters. The maximum atomic E-state index is 8.94. The van der Waals surface area contributed by atoms with E-state index in [2.05, 4.69) is 33.0 Å². The third kappa shape index (κ3) is 3.33. The normalized spacial score (nSPS) is 10.1. The highest BCUT2D eigenvalue weighted by molar-refractivity contribution is 9.08. The Kier molecular flexibility index (Phi) is 5.05. The van der Waals surface area contributed by atoms with Crippen LogP contribution in [-0.4, -0.2) is 7.05 Å². The summed E-state index contributed by atoms with van der Waals surface area (Å²) in [5.74, 6) is 0. The van der Waals surface area contributed by atoms with Crippen LogP contribution < -0.4 is 4.90 Å². The Morgan fingerprint density at radius 1 is 1.25 bits per heavy atom. The maximum Gasteiger partial charge on any atom is 0.0991 e. The zero-order valence-corrected chi connectivity index (χ0v) is 13.4. The predicted octanol–water partition coefficient (Wildman–Crippen LogP) is 4.74. The molecule has 20 heavy (non-hydrogen) atoms. The number of hydrogen-bond donors (Lipinski definition) is 0. The highest BCUT2D eigenvalue weighted by atomic mass is 79.9. The summed E-state index contributed by atoms with van der Waals surface area (Å²) in [7, 11) is 2.02. The van der Waals surface area contributed by atoms with Gasteiger partial charge in [0, 0.05) is 35.2 Å². The molecular weight excluding hydrogens is 336 g/mol. The molecule has 0 saturated heterocycles. The largest absolute Gasteiger partial charge is 0.370 e. The van der Waals surface area contributed by atoms with Crippen LogP contribution in [0.5, 0.6) is 0 Å². The summed E-state index contributed by atoms with van der Waals surface area (Å²) >= 11 is 9.71. The molecule has 0 radical (unpaired) electrons. The van der Waals surface area contributed by atoms with Crippen molar-refractivity contribution in [1.82, 2.24) is 0 Å². The van der Waals surface area contributed by atoms with E-state index in [1.54, 1.807) is 0 Å². The second-order valence-corrected chi connectivity index (χ2v) is 5.51. The summed E-state index contributed by atoms with van der Waals surface area (Å²) in [5, 5.41) is 10.4. The SMILES string of the molecule is CN(Cc1cccc(C#N)c1)c1cccc(Cl)c1CBr. The van der Waals surface area contributed by atoms with Crippen molar-refractivity contribution < 1.29 is 0 Å². The first-order valence-electron chi connectivity index (χ1n) is 6.19. The Bertz CT molecular complexity index is 649. The van der Waals surface area contributed by atoms with Crippen LogP contribution in [0.4, 0.5) is 5.69 Å². The van der Waals surface area contributed by atoms with Crippen molar-refractivity contribution in [3.63, 3.8) is 0 Å². The van der Waals surface area contributed by atoms with Crippen LogP contribution in [-0.2, 0) is 11.9 Å². The Balaban J connectivity index is 2.26. The topological polar surface area (TPSA) is 27.0 Å². The number of alkyl halides is 1. The molecule has 2 nitrogen and oxygen atoms in total. The van der Waals surface area contributed by atoms with Gasteiger partial charge >= 0.3 is 0 Å². The molecule has 0 heterocycles. The van der Waals surface area contributed by atoms with E-state index in [1.807, 2.05) is 43.4 Å². The average Bonchev–Trinajstić information content (AvgIpc) is 2.47. The summed E-state index contributed by atoms with van der Waals surface area (Å²) in [6.45, 7) is 0.732. The minimum absolute atomic E-state index is 0.683. The van der Waals surface area contributed by atoms with Gasteiger partial charge in [-0.2, -0.15) is 5.26 Å². The number of nitriles is 1. The monoisotopic (exact) mass is 348 g/mol. The van der Waals surface area contributed by atoms with Gasteiger partial charge in [-0.1, -0.05) is 45.7 Å². The van der Waals surface area contributed by atoms with Gasteiger partial charge < -0.3 is 4.90 Å². The molecule has 0 spiro atoms. The Labute approximate surface area is 132 Å². The zero-order valence-electron chi connectivity index (χ0n) is 11.1. The van der Waals surface area contributed by atoms with E-state index in [1.165, 1.54) is 0 Å². The first kappa shape index (κ1) is 14.9. The van der Waals surface area contributed by atoms with E-state index in [-0.39, 0.29) is 0 Å². The predicted molar refractivity (Wildman–Crippen MR) is 87.3 cm³/mol. The third-order valence-electron chi connectivity index (χ3n) is 3.11. The van der Waals surface area contributed by atoms with E-state index in [0.29, 0.717) is 10.9 Å². The van der Waals surface area contributed by atoms with Gasteiger partial charge in [0.05, 0.1) is 11.6 Å². The smallest absolute Gasteiger partial charge is 0.0991 e. The third-order valence-corrected chi connectivity index (χ3v) is 4.03. The van der Waals surface area contributed by atoms with E-state index >= 15 is 0 Å². The molecule has 0 atom stereocenters. The standard InChI is InChI=1S/C16H14BrClN2/c1-20(11-13-5-2-4-12(8-13)10-19)16-7-3-6-15(18)14(16)9-17/h2-8H,9,11H2,1H3. The van der Waals surface area contributed by atoms with Gasteiger partial charge in [-0.25, -0.2) is 0 Å². The lowest BCUT2D eigenvalue weighted by Gasteiger charge is -2.22. The Morgan fingerprint density at radius 3 is 2.70 bits per heavy atom. The van der Waals surface area contributed by atoms with Gasteiger partial charge in [-0.15, -0.1) is 0 Å². The van der Waals surface area contributed by atoms with E-state index in [0.717, 1.165) is 28.4 Å². The second-order valence-electron chi connectivity index (χ2n) is 4.54. The molecule has 2 aromatic rings. The van der Waals surface area contributed by atoms with Crippen LogP contribution in [0, 0.1) is 11.3 Å². The summed E-state index contributed by atoms with van der Waals surface area (Å²) in [5.41, 5.74) is 3.96. The van der Waals surface area contributed by atoms with Gasteiger partial charge in [0.1, 0.15) is 0 Å². The molecule has 0 amide bonds. The minimum Gasteiger partial charge on any atom is -0.370 e. The van der Waals surface area contributed by atoms with Crippen LogP contribution in [0.15, 0.2) is 42.5 Å². The number of nitrogens with zero attached hydrogens (tertiary/aromatic N) is 2. The van der Waals surface area contributed by atoms with Crippen molar-refractivity contribution in [1.29, 1.82) is 5.26 Å².